The van der Waals surface area contributed by atoms with Gasteiger partial charge in [0.25, 0.3) is 0 Å². The number of carboxylic acid groups (broad SMARTS) is 1. The number of carboxylic acids is 1. The van der Waals surface area contributed by atoms with Crippen LogP contribution in [-0.4, -0.2) is 47.7 Å². The third-order valence-corrected chi connectivity index (χ3v) is 4.50. The second-order valence-electron chi connectivity index (χ2n) is 6.24. The zero-order valence-corrected chi connectivity index (χ0v) is 14.2. The van der Waals surface area contributed by atoms with Gasteiger partial charge in [-0.3, -0.25) is 4.79 Å². The molecule has 4 nitrogen and oxygen atoms in total. The molecule has 0 aromatic rings. The Kier molecular flexibility index (Phi) is 9.06. The summed E-state index contributed by atoms with van der Waals surface area (Å²) in [5.74, 6) is -0.0957. The van der Waals surface area contributed by atoms with E-state index in [-0.39, 0.29) is 0 Å². The van der Waals surface area contributed by atoms with Gasteiger partial charge in [-0.25, -0.2) is 0 Å². The van der Waals surface area contributed by atoms with Gasteiger partial charge in [-0.2, -0.15) is 0 Å². The topological polar surface area (TPSA) is 52.6 Å². The van der Waals surface area contributed by atoms with Crippen molar-refractivity contribution in [1.82, 2.24) is 10.2 Å². The molecule has 4 heteroatoms. The number of aliphatic carboxylic acids is 1. The van der Waals surface area contributed by atoms with E-state index in [0.29, 0.717) is 24.8 Å². The maximum absolute atomic E-state index is 11.6. The first-order valence-corrected chi connectivity index (χ1v) is 7.99. The van der Waals surface area contributed by atoms with Crippen LogP contribution in [0, 0.1) is 5.92 Å². The molecule has 0 heterocycles. The summed E-state index contributed by atoms with van der Waals surface area (Å²) in [6.07, 6.45) is 3.18. The van der Waals surface area contributed by atoms with Gasteiger partial charge in [-0.15, -0.1) is 0 Å². The lowest BCUT2D eigenvalue weighted by atomic mass is 9.90. The van der Waals surface area contributed by atoms with Gasteiger partial charge in [0, 0.05) is 6.04 Å². The molecular weight excluding hydrogens is 252 g/mol. The van der Waals surface area contributed by atoms with Gasteiger partial charge in [0.05, 0.1) is 0 Å². The van der Waals surface area contributed by atoms with Crippen molar-refractivity contribution in [2.45, 2.75) is 71.9 Å². The van der Waals surface area contributed by atoms with E-state index < -0.39 is 11.5 Å². The molecule has 0 aliphatic heterocycles. The molecule has 0 saturated carbocycles. The maximum Gasteiger partial charge on any atom is 0.323 e. The predicted octanol–water partition coefficient (Wildman–Crippen LogP) is 2.98. The molecule has 0 aromatic carbocycles. The molecule has 0 fully saturated rings. The molecule has 20 heavy (non-hydrogen) atoms. The lowest BCUT2D eigenvalue weighted by molar-refractivity contribution is -0.145. The molecule has 0 aliphatic carbocycles. The molecule has 0 aromatic heterocycles. The molecule has 2 atom stereocenters. The van der Waals surface area contributed by atoms with Gasteiger partial charge in [0.1, 0.15) is 5.54 Å². The molecule has 0 amide bonds. The highest BCUT2D eigenvalue weighted by atomic mass is 16.4. The molecule has 0 radical (unpaired) electrons. The van der Waals surface area contributed by atoms with Gasteiger partial charge >= 0.3 is 5.97 Å². The van der Waals surface area contributed by atoms with Crippen LogP contribution < -0.4 is 5.32 Å². The normalized spacial score (nSPS) is 16.4. The molecule has 0 rings (SSSR count). The monoisotopic (exact) mass is 286 g/mol. The van der Waals surface area contributed by atoms with E-state index in [1.165, 1.54) is 0 Å². The smallest absolute Gasteiger partial charge is 0.323 e. The maximum atomic E-state index is 11.6. The SMILES string of the molecule is CCCNC(CC)(CCCN(C)C(C)C(C)C)C(=O)O. The van der Waals surface area contributed by atoms with Crippen molar-refractivity contribution in [3.05, 3.63) is 0 Å². The Morgan fingerprint density at radius 3 is 2.30 bits per heavy atom. The highest BCUT2D eigenvalue weighted by Gasteiger charge is 2.35. The van der Waals surface area contributed by atoms with Crippen LogP contribution >= 0.6 is 0 Å². The average Bonchev–Trinajstić information content (AvgIpc) is 2.41. The van der Waals surface area contributed by atoms with Crippen LogP contribution in [0.2, 0.25) is 0 Å². The van der Waals surface area contributed by atoms with Crippen LogP contribution in [0.3, 0.4) is 0 Å². The second-order valence-corrected chi connectivity index (χ2v) is 6.24. The van der Waals surface area contributed by atoms with Crippen molar-refractivity contribution in [3.63, 3.8) is 0 Å². The molecule has 0 bridgehead atoms. The average molecular weight is 286 g/mol. The zero-order valence-electron chi connectivity index (χ0n) is 14.2. The summed E-state index contributed by atoms with van der Waals surface area (Å²) in [5, 5.41) is 12.8. The van der Waals surface area contributed by atoms with Gasteiger partial charge in [0.2, 0.25) is 0 Å². The summed E-state index contributed by atoms with van der Waals surface area (Å²) in [6.45, 7) is 12.4. The summed E-state index contributed by atoms with van der Waals surface area (Å²) in [7, 11) is 2.12. The van der Waals surface area contributed by atoms with E-state index in [2.05, 4.69) is 45.0 Å². The third-order valence-electron chi connectivity index (χ3n) is 4.50. The number of nitrogens with one attached hydrogen (secondary N) is 1. The van der Waals surface area contributed by atoms with Crippen molar-refractivity contribution in [3.8, 4) is 0 Å². The number of carbonyl (C=O) groups is 1. The van der Waals surface area contributed by atoms with Crippen LogP contribution in [0.4, 0.5) is 0 Å². The Morgan fingerprint density at radius 2 is 1.90 bits per heavy atom. The minimum absolute atomic E-state index is 0.527. The largest absolute Gasteiger partial charge is 0.480 e. The molecular formula is C16H34N2O2. The Morgan fingerprint density at radius 1 is 1.30 bits per heavy atom. The van der Waals surface area contributed by atoms with Crippen molar-refractivity contribution >= 4 is 5.97 Å². The van der Waals surface area contributed by atoms with E-state index in [0.717, 1.165) is 25.9 Å². The van der Waals surface area contributed by atoms with Crippen molar-refractivity contribution in [1.29, 1.82) is 0 Å². The Hall–Kier alpha value is -0.610. The Labute approximate surface area is 124 Å². The van der Waals surface area contributed by atoms with Crippen LogP contribution in [0.5, 0.6) is 0 Å². The van der Waals surface area contributed by atoms with Gasteiger partial charge < -0.3 is 15.3 Å². The molecule has 2 N–H and O–H groups in total. The first-order valence-electron chi connectivity index (χ1n) is 7.99. The van der Waals surface area contributed by atoms with Crippen LogP contribution in [0.15, 0.2) is 0 Å². The van der Waals surface area contributed by atoms with Crippen molar-refractivity contribution in [2.24, 2.45) is 5.92 Å². The fourth-order valence-electron chi connectivity index (χ4n) is 2.43. The lowest BCUT2D eigenvalue weighted by Crippen LogP contribution is -2.52. The number of hydrogen-bond donors (Lipinski definition) is 2. The number of nitrogens with zero attached hydrogens (tertiary/aromatic N) is 1. The number of rotatable bonds is 11. The fraction of sp³-hybridized carbons (Fsp3) is 0.938. The standard InChI is InChI=1S/C16H34N2O2/c1-7-11-17-16(8-2,15(19)20)10-9-12-18(6)14(5)13(3)4/h13-14,17H,7-12H2,1-6H3,(H,19,20). The lowest BCUT2D eigenvalue weighted by Gasteiger charge is -2.32. The van der Waals surface area contributed by atoms with Crippen molar-refractivity contribution < 1.29 is 9.90 Å². The van der Waals surface area contributed by atoms with E-state index in [4.69, 9.17) is 0 Å². The van der Waals surface area contributed by atoms with Gasteiger partial charge in [0.15, 0.2) is 0 Å². The third kappa shape index (κ3) is 5.80. The predicted molar refractivity (Wildman–Crippen MR) is 85.1 cm³/mol. The van der Waals surface area contributed by atoms with Crippen LogP contribution in [-0.2, 0) is 4.79 Å². The number of hydrogen-bond acceptors (Lipinski definition) is 3. The molecule has 120 valence electrons. The minimum Gasteiger partial charge on any atom is -0.480 e. The highest BCUT2D eigenvalue weighted by molar-refractivity contribution is 5.78. The summed E-state index contributed by atoms with van der Waals surface area (Å²) < 4.78 is 0. The quantitative estimate of drug-likeness (QED) is 0.613. The second kappa shape index (κ2) is 9.35. The summed E-state index contributed by atoms with van der Waals surface area (Å²) in [5.41, 5.74) is -0.752. The summed E-state index contributed by atoms with van der Waals surface area (Å²) >= 11 is 0. The van der Waals surface area contributed by atoms with Crippen molar-refractivity contribution in [2.75, 3.05) is 20.1 Å². The molecule has 0 spiro atoms. The molecule has 0 aliphatic rings. The zero-order chi connectivity index (χ0) is 15.8. The molecule has 0 saturated heterocycles. The van der Waals surface area contributed by atoms with E-state index in [1.54, 1.807) is 0 Å². The minimum atomic E-state index is -0.752. The van der Waals surface area contributed by atoms with Crippen LogP contribution in [0.1, 0.15) is 60.3 Å². The van der Waals surface area contributed by atoms with E-state index in [9.17, 15) is 9.90 Å². The van der Waals surface area contributed by atoms with E-state index >= 15 is 0 Å². The van der Waals surface area contributed by atoms with Gasteiger partial charge in [-0.05, 0) is 58.7 Å². The Bertz CT molecular complexity index is 282. The highest BCUT2D eigenvalue weighted by Crippen LogP contribution is 2.19. The Balaban J connectivity index is 4.43. The first kappa shape index (κ1) is 19.4. The first-order chi connectivity index (χ1) is 9.30. The summed E-state index contributed by atoms with van der Waals surface area (Å²) in [4.78, 5) is 13.9. The van der Waals surface area contributed by atoms with Gasteiger partial charge in [-0.1, -0.05) is 27.7 Å². The van der Waals surface area contributed by atoms with E-state index in [1.807, 2.05) is 6.92 Å². The molecule has 2 unspecified atom stereocenters. The fourth-order valence-corrected chi connectivity index (χ4v) is 2.43. The van der Waals surface area contributed by atoms with Crippen LogP contribution in [0.25, 0.3) is 0 Å². The summed E-state index contributed by atoms with van der Waals surface area (Å²) in [6, 6.07) is 0.527.